The minimum atomic E-state index is -3.88. The molecule has 0 aliphatic carbocycles. The van der Waals surface area contributed by atoms with E-state index >= 15 is 0 Å². The highest BCUT2D eigenvalue weighted by Crippen LogP contribution is 2.30. The zero-order chi connectivity index (χ0) is 23.8. The van der Waals surface area contributed by atoms with Gasteiger partial charge in [-0.25, -0.2) is 13.6 Å². The van der Waals surface area contributed by atoms with Gasteiger partial charge >= 0.3 is 0 Å². The molecule has 0 atom stereocenters. The predicted molar refractivity (Wildman–Crippen MR) is 133 cm³/mol. The Hall–Kier alpha value is -2.99. The highest BCUT2D eigenvalue weighted by atomic mass is 35.5. The van der Waals surface area contributed by atoms with E-state index in [2.05, 4.69) is 28.5 Å². The van der Waals surface area contributed by atoms with Gasteiger partial charge in [-0.15, -0.1) is 10.2 Å². The van der Waals surface area contributed by atoms with Crippen LogP contribution in [0.1, 0.15) is 11.4 Å². The summed E-state index contributed by atoms with van der Waals surface area (Å²) in [5.74, 6) is 0.426. The number of carbonyl (C=O) groups is 1. The van der Waals surface area contributed by atoms with Crippen LogP contribution in [0.5, 0.6) is 0 Å². The van der Waals surface area contributed by atoms with Crippen molar-refractivity contribution in [3.05, 3.63) is 71.0 Å². The van der Waals surface area contributed by atoms with Gasteiger partial charge in [0.2, 0.25) is 15.9 Å². The molecule has 34 heavy (non-hydrogen) atoms. The molecule has 178 valence electrons. The number of thioether (sulfide) groups is 1. The molecule has 1 amide bonds. The number of amides is 1. The first-order valence-corrected chi connectivity index (χ1v) is 12.7. The third kappa shape index (κ3) is 5.22. The normalized spacial score (nSPS) is 11.3. The molecule has 3 aromatic carbocycles. The molecular weight excluding hydrogens is 501 g/mol. The first-order chi connectivity index (χ1) is 15.6. The number of nitrogens with zero attached hydrogens (tertiary/aromatic N) is 3. The number of hydrogen-bond acceptors (Lipinski definition) is 6. The summed E-state index contributed by atoms with van der Waals surface area (Å²) >= 11 is 7.34. The second kappa shape index (κ2) is 10.1. The van der Waals surface area contributed by atoms with Gasteiger partial charge in [0.15, 0.2) is 5.16 Å². The van der Waals surface area contributed by atoms with Crippen molar-refractivity contribution in [3.63, 3.8) is 0 Å². The third-order valence-electron chi connectivity index (χ3n) is 5.03. The lowest BCUT2D eigenvalue weighted by molar-refractivity contribution is -0.113. The minimum absolute atomic E-state index is 0. The van der Waals surface area contributed by atoms with Gasteiger partial charge in [0.05, 0.1) is 27.0 Å². The Morgan fingerprint density at radius 3 is 2.47 bits per heavy atom. The first kappa shape index (κ1) is 25.6. The molecule has 4 aromatic rings. The number of sulfonamides is 1. The van der Waals surface area contributed by atoms with Gasteiger partial charge in [0, 0.05) is 5.39 Å². The highest BCUT2D eigenvalue weighted by Gasteiger charge is 2.17. The Morgan fingerprint density at radius 2 is 1.79 bits per heavy atom. The fraction of sp³-hybridized carbons (Fsp3) is 0.136. The standard InChI is InChI=1S/C22H20ClN5O3S2.FH/c1-13-7-10-20(17-6-4-3-5-16(13)17)28-14(2)26-27-22(28)32-12-21(29)25-19-9-8-15(11-18(19)23)33(24,30)31;/h3-11H,12H2,1-2H3,(H,25,29)(H2,24,30,31);1H. The zero-order valence-corrected chi connectivity index (χ0v) is 20.5. The van der Waals surface area contributed by atoms with E-state index < -0.39 is 10.0 Å². The molecule has 0 aliphatic rings. The number of benzene rings is 3. The van der Waals surface area contributed by atoms with Crippen LogP contribution in [0.15, 0.2) is 64.6 Å². The zero-order valence-electron chi connectivity index (χ0n) is 18.1. The summed E-state index contributed by atoms with van der Waals surface area (Å²) in [4.78, 5) is 12.4. The number of aromatic nitrogens is 3. The number of rotatable bonds is 6. The van der Waals surface area contributed by atoms with E-state index in [9.17, 15) is 13.2 Å². The SMILES string of the molecule is Cc1ccc(-n2c(C)nnc2SCC(=O)Nc2ccc(S(N)(=O)=O)cc2Cl)c2ccccc12.F. The fourth-order valence-corrected chi connectivity index (χ4v) is 5.06. The van der Waals surface area contributed by atoms with E-state index in [0.29, 0.717) is 11.0 Å². The summed E-state index contributed by atoms with van der Waals surface area (Å²) in [6.45, 7) is 3.92. The second-order valence-corrected chi connectivity index (χ2v) is 10.2. The van der Waals surface area contributed by atoms with Crippen molar-refractivity contribution in [1.29, 1.82) is 0 Å². The molecule has 0 bridgehead atoms. The van der Waals surface area contributed by atoms with E-state index in [-0.39, 0.29) is 32.0 Å². The molecule has 0 unspecified atom stereocenters. The van der Waals surface area contributed by atoms with E-state index in [1.165, 1.54) is 35.5 Å². The smallest absolute Gasteiger partial charge is 0.238 e. The Morgan fingerprint density at radius 1 is 1.09 bits per heavy atom. The highest BCUT2D eigenvalue weighted by molar-refractivity contribution is 7.99. The number of nitrogens with one attached hydrogen (secondary N) is 1. The summed E-state index contributed by atoms with van der Waals surface area (Å²) in [7, 11) is -3.88. The molecule has 1 heterocycles. The summed E-state index contributed by atoms with van der Waals surface area (Å²) in [6, 6.07) is 16.0. The van der Waals surface area contributed by atoms with Crippen LogP contribution in [0.25, 0.3) is 16.5 Å². The van der Waals surface area contributed by atoms with Gasteiger partial charge in [-0.05, 0) is 49.1 Å². The van der Waals surface area contributed by atoms with Crippen LogP contribution in [-0.4, -0.2) is 34.8 Å². The predicted octanol–water partition coefficient (Wildman–Crippen LogP) is 4.22. The Bertz CT molecular complexity index is 1490. The molecule has 1 aromatic heterocycles. The van der Waals surface area contributed by atoms with Crippen LogP contribution in [0.3, 0.4) is 0 Å². The van der Waals surface area contributed by atoms with E-state index in [0.717, 1.165) is 16.5 Å². The van der Waals surface area contributed by atoms with Crippen molar-refractivity contribution in [2.75, 3.05) is 11.1 Å². The van der Waals surface area contributed by atoms with E-state index in [1.807, 2.05) is 41.8 Å². The van der Waals surface area contributed by atoms with E-state index in [1.54, 1.807) is 0 Å². The summed E-state index contributed by atoms with van der Waals surface area (Å²) in [5, 5.41) is 19.1. The van der Waals surface area contributed by atoms with Crippen LogP contribution in [0.2, 0.25) is 5.02 Å². The monoisotopic (exact) mass is 521 g/mol. The Labute approximate surface area is 204 Å². The maximum absolute atomic E-state index is 12.5. The van der Waals surface area contributed by atoms with Crippen molar-refractivity contribution >= 4 is 55.8 Å². The average Bonchev–Trinajstić information content (AvgIpc) is 3.14. The van der Waals surface area contributed by atoms with Gasteiger partial charge in [-0.2, -0.15) is 0 Å². The number of aryl methyl sites for hydroxylation is 2. The first-order valence-electron chi connectivity index (χ1n) is 9.81. The molecular formula is C22H21ClFN5O3S2. The van der Waals surface area contributed by atoms with Crippen molar-refractivity contribution in [1.82, 2.24) is 14.8 Å². The molecule has 0 fully saturated rings. The van der Waals surface area contributed by atoms with Gasteiger partial charge < -0.3 is 5.32 Å². The third-order valence-corrected chi connectivity index (χ3v) is 7.18. The number of nitrogens with two attached hydrogens (primary N) is 1. The van der Waals surface area contributed by atoms with Gasteiger partial charge in [0.25, 0.3) is 0 Å². The lowest BCUT2D eigenvalue weighted by Crippen LogP contribution is -2.16. The van der Waals surface area contributed by atoms with Crippen molar-refractivity contribution < 1.29 is 17.9 Å². The van der Waals surface area contributed by atoms with Gasteiger partial charge in [0.1, 0.15) is 5.82 Å². The molecule has 0 aliphatic heterocycles. The van der Waals surface area contributed by atoms with Crippen molar-refractivity contribution in [2.24, 2.45) is 5.14 Å². The van der Waals surface area contributed by atoms with Crippen LogP contribution < -0.4 is 10.5 Å². The van der Waals surface area contributed by atoms with Crippen LogP contribution in [0, 0.1) is 13.8 Å². The second-order valence-electron chi connectivity index (χ2n) is 7.34. The maximum atomic E-state index is 12.5. The van der Waals surface area contributed by atoms with Crippen LogP contribution in [0.4, 0.5) is 10.4 Å². The number of fused-ring (bicyclic) bond motifs is 1. The van der Waals surface area contributed by atoms with Crippen LogP contribution in [-0.2, 0) is 14.8 Å². The number of hydrogen-bond donors (Lipinski definition) is 2. The molecule has 0 radical (unpaired) electrons. The average molecular weight is 522 g/mol. The topological polar surface area (TPSA) is 120 Å². The van der Waals surface area contributed by atoms with E-state index in [4.69, 9.17) is 16.7 Å². The molecule has 0 saturated carbocycles. The molecule has 12 heteroatoms. The number of primary sulfonamides is 1. The molecule has 3 N–H and O–H groups in total. The van der Waals surface area contributed by atoms with Gasteiger partial charge in [-0.3, -0.25) is 14.1 Å². The van der Waals surface area contributed by atoms with Crippen molar-refractivity contribution in [2.45, 2.75) is 23.9 Å². The maximum Gasteiger partial charge on any atom is 0.238 e. The fourth-order valence-electron chi connectivity index (χ4n) is 3.43. The molecule has 4 rings (SSSR count). The lowest BCUT2D eigenvalue weighted by atomic mass is 10.0. The molecule has 0 spiro atoms. The van der Waals surface area contributed by atoms with Crippen molar-refractivity contribution in [3.8, 4) is 5.69 Å². The largest absolute Gasteiger partial charge is 0.324 e. The lowest BCUT2D eigenvalue weighted by Gasteiger charge is -2.13. The summed E-state index contributed by atoms with van der Waals surface area (Å²) in [5.41, 5.74) is 2.39. The van der Waals surface area contributed by atoms with Gasteiger partial charge in [-0.1, -0.05) is 53.7 Å². The molecule has 8 nitrogen and oxygen atoms in total. The number of anilines is 1. The number of carbonyl (C=O) groups excluding carboxylic acids is 1. The quantitative estimate of drug-likeness (QED) is 0.366. The Kier molecular flexibility index (Phi) is 7.61. The summed E-state index contributed by atoms with van der Waals surface area (Å²) < 4.78 is 24.8. The number of halogens is 2. The minimum Gasteiger partial charge on any atom is -0.324 e. The van der Waals surface area contributed by atoms with Crippen LogP contribution >= 0.6 is 23.4 Å². The molecule has 0 saturated heterocycles. The summed E-state index contributed by atoms with van der Waals surface area (Å²) in [6.07, 6.45) is 0. The Balaban J connectivity index is 0.00000324.